The maximum absolute atomic E-state index is 12.6. The quantitative estimate of drug-likeness (QED) is 0.445. The number of aryl methyl sites for hydroxylation is 3. The van der Waals surface area contributed by atoms with Crippen molar-refractivity contribution in [3.63, 3.8) is 0 Å². The second kappa shape index (κ2) is 7.13. The van der Waals surface area contributed by atoms with Crippen LogP contribution in [0.3, 0.4) is 0 Å². The monoisotopic (exact) mass is 390 g/mol. The van der Waals surface area contributed by atoms with E-state index in [9.17, 15) is 4.79 Å². The molecule has 0 fully saturated rings. The molecule has 1 amide bonds. The van der Waals surface area contributed by atoms with E-state index in [1.54, 1.807) is 24.3 Å². The van der Waals surface area contributed by atoms with E-state index >= 15 is 0 Å². The maximum Gasteiger partial charge on any atom is 0.255 e. The van der Waals surface area contributed by atoms with E-state index in [0.717, 1.165) is 27.8 Å². The SMILES string of the molecule is Cc1cc(C)c2oc(-c3cc(NC(=O)c4ccccc4C)ccc3Cl)nc2c1. The number of hydrogen-bond donors (Lipinski definition) is 1. The molecule has 0 radical (unpaired) electrons. The number of anilines is 1. The van der Waals surface area contributed by atoms with Crippen molar-refractivity contribution in [1.29, 1.82) is 0 Å². The summed E-state index contributed by atoms with van der Waals surface area (Å²) < 4.78 is 5.98. The molecule has 0 aliphatic carbocycles. The molecule has 3 aromatic carbocycles. The zero-order chi connectivity index (χ0) is 19.8. The molecule has 1 heterocycles. The van der Waals surface area contributed by atoms with Crippen LogP contribution in [0.2, 0.25) is 5.02 Å². The first kappa shape index (κ1) is 18.3. The van der Waals surface area contributed by atoms with Gasteiger partial charge in [-0.3, -0.25) is 4.79 Å². The van der Waals surface area contributed by atoms with Crippen molar-refractivity contribution in [2.45, 2.75) is 20.8 Å². The number of fused-ring (bicyclic) bond motifs is 1. The lowest BCUT2D eigenvalue weighted by atomic mass is 10.1. The molecule has 0 saturated carbocycles. The van der Waals surface area contributed by atoms with Gasteiger partial charge in [-0.25, -0.2) is 4.98 Å². The minimum atomic E-state index is -0.171. The first-order valence-electron chi connectivity index (χ1n) is 8.97. The second-order valence-corrected chi connectivity index (χ2v) is 7.32. The summed E-state index contributed by atoms with van der Waals surface area (Å²) in [6, 6.07) is 16.8. The highest BCUT2D eigenvalue weighted by Gasteiger charge is 2.15. The van der Waals surface area contributed by atoms with Gasteiger partial charge in [0.2, 0.25) is 5.89 Å². The second-order valence-electron chi connectivity index (χ2n) is 6.91. The van der Waals surface area contributed by atoms with Crippen molar-refractivity contribution in [3.8, 4) is 11.5 Å². The molecule has 0 unspecified atom stereocenters. The summed E-state index contributed by atoms with van der Waals surface area (Å²) in [5.74, 6) is 0.260. The van der Waals surface area contributed by atoms with Crippen molar-refractivity contribution in [2.24, 2.45) is 0 Å². The van der Waals surface area contributed by atoms with Crippen molar-refractivity contribution >= 4 is 34.3 Å². The van der Waals surface area contributed by atoms with Gasteiger partial charge < -0.3 is 9.73 Å². The lowest BCUT2D eigenvalue weighted by Gasteiger charge is -2.09. The highest BCUT2D eigenvalue weighted by Crippen LogP contribution is 2.33. The number of halogens is 1. The Bertz CT molecular complexity index is 1210. The highest BCUT2D eigenvalue weighted by molar-refractivity contribution is 6.33. The van der Waals surface area contributed by atoms with Crippen LogP contribution >= 0.6 is 11.6 Å². The average molecular weight is 391 g/mol. The number of nitrogens with one attached hydrogen (secondary N) is 1. The van der Waals surface area contributed by atoms with Gasteiger partial charge in [0.1, 0.15) is 5.52 Å². The molecule has 4 nitrogen and oxygen atoms in total. The molecule has 0 atom stereocenters. The van der Waals surface area contributed by atoms with Gasteiger partial charge in [-0.05, 0) is 67.8 Å². The fraction of sp³-hybridized carbons (Fsp3) is 0.130. The normalized spacial score (nSPS) is 11.0. The first-order chi connectivity index (χ1) is 13.4. The Labute approximate surface area is 168 Å². The Kier molecular flexibility index (Phi) is 4.65. The molecule has 0 aliphatic rings. The fourth-order valence-corrected chi connectivity index (χ4v) is 3.48. The van der Waals surface area contributed by atoms with E-state index in [1.165, 1.54) is 0 Å². The fourth-order valence-electron chi connectivity index (χ4n) is 3.28. The van der Waals surface area contributed by atoms with Crippen LogP contribution in [-0.2, 0) is 0 Å². The molecule has 4 rings (SSSR count). The molecule has 1 aromatic heterocycles. The summed E-state index contributed by atoms with van der Waals surface area (Å²) in [7, 11) is 0. The standard InChI is InChI=1S/C23H19ClN2O2/c1-13-10-15(3)21-20(11-13)26-23(28-21)18-12-16(8-9-19(18)24)25-22(27)17-7-5-4-6-14(17)2/h4-12H,1-3H3,(H,25,27). The third kappa shape index (κ3) is 3.39. The van der Waals surface area contributed by atoms with Gasteiger partial charge in [0.05, 0.1) is 10.6 Å². The summed E-state index contributed by atoms with van der Waals surface area (Å²) in [5, 5.41) is 3.43. The summed E-state index contributed by atoms with van der Waals surface area (Å²) in [6.07, 6.45) is 0. The number of carbonyl (C=O) groups is 1. The zero-order valence-electron chi connectivity index (χ0n) is 15.8. The lowest BCUT2D eigenvalue weighted by molar-refractivity contribution is 0.102. The summed E-state index contributed by atoms with van der Waals surface area (Å²) >= 11 is 6.40. The molecule has 1 N–H and O–H groups in total. The van der Waals surface area contributed by atoms with E-state index in [4.69, 9.17) is 16.0 Å². The van der Waals surface area contributed by atoms with Crippen LogP contribution in [0.5, 0.6) is 0 Å². The predicted molar refractivity (Wildman–Crippen MR) is 113 cm³/mol. The minimum Gasteiger partial charge on any atom is -0.436 e. The minimum absolute atomic E-state index is 0.171. The molecule has 140 valence electrons. The third-order valence-electron chi connectivity index (χ3n) is 4.66. The van der Waals surface area contributed by atoms with Gasteiger partial charge in [0.15, 0.2) is 5.58 Å². The summed E-state index contributed by atoms with van der Waals surface area (Å²) in [4.78, 5) is 17.2. The van der Waals surface area contributed by atoms with Gasteiger partial charge in [0.25, 0.3) is 5.91 Å². The number of amides is 1. The maximum atomic E-state index is 12.6. The zero-order valence-corrected chi connectivity index (χ0v) is 16.6. The Hall–Kier alpha value is -3.11. The summed E-state index contributed by atoms with van der Waals surface area (Å²) in [6.45, 7) is 5.92. The lowest BCUT2D eigenvalue weighted by Crippen LogP contribution is -2.13. The van der Waals surface area contributed by atoms with E-state index < -0.39 is 0 Å². The van der Waals surface area contributed by atoms with Crippen LogP contribution in [0.25, 0.3) is 22.6 Å². The van der Waals surface area contributed by atoms with E-state index in [2.05, 4.69) is 16.4 Å². The number of nitrogens with zero attached hydrogens (tertiary/aromatic N) is 1. The molecule has 0 aliphatic heterocycles. The topological polar surface area (TPSA) is 55.1 Å². The van der Waals surface area contributed by atoms with Crippen LogP contribution in [-0.4, -0.2) is 10.9 Å². The van der Waals surface area contributed by atoms with E-state index in [-0.39, 0.29) is 5.91 Å². The Balaban J connectivity index is 1.71. The van der Waals surface area contributed by atoms with Crippen LogP contribution in [0.15, 0.2) is 59.0 Å². The average Bonchev–Trinajstić information content (AvgIpc) is 3.07. The highest BCUT2D eigenvalue weighted by atomic mass is 35.5. The molecular weight excluding hydrogens is 372 g/mol. The Morgan fingerprint density at radius 2 is 1.79 bits per heavy atom. The van der Waals surface area contributed by atoms with Crippen molar-refractivity contribution in [2.75, 3.05) is 5.32 Å². The van der Waals surface area contributed by atoms with Crippen LogP contribution in [0.4, 0.5) is 5.69 Å². The molecule has 0 spiro atoms. The molecule has 28 heavy (non-hydrogen) atoms. The Morgan fingerprint density at radius 3 is 2.57 bits per heavy atom. The predicted octanol–water partition coefficient (Wildman–Crippen LogP) is 6.33. The number of benzene rings is 3. The molecular formula is C23H19ClN2O2. The largest absolute Gasteiger partial charge is 0.436 e. The third-order valence-corrected chi connectivity index (χ3v) is 4.99. The van der Waals surface area contributed by atoms with Gasteiger partial charge in [0, 0.05) is 11.3 Å². The van der Waals surface area contributed by atoms with Crippen LogP contribution < -0.4 is 5.32 Å². The number of carbonyl (C=O) groups excluding carboxylic acids is 1. The first-order valence-corrected chi connectivity index (χ1v) is 9.35. The van der Waals surface area contributed by atoms with Crippen molar-refractivity contribution in [3.05, 3.63) is 81.9 Å². The van der Waals surface area contributed by atoms with Crippen molar-refractivity contribution in [1.82, 2.24) is 4.98 Å². The van der Waals surface area contributed by atoms with Gasteiger partial charge in [-0.1, -0.05) is 35.9 Å². The summed E-state index contributed by atoms with van der Waals surface area (Å²) in [5.41, 5.74) is 6.49. The number of oxazole rings is 1. The van der Waals surface area contributed by atoms with Gasteiger partial charge >= 0.3 is 0 Å². The molecule has 5 heteroatoms. The number of aromatic nitrogens is 1. The molecule has 0 saturated heterocycles. The van der Waals surface area contributed by atoms with Crippen LogP contribution in [0.1, 0.15) is 27.0 Å². The smallest absolute Gasteiger partial charge is 0.255 e. The number of hydrogen-bond acceptors (Lipinski definition) is 3. The number of rotatable bonds is 3. The van der Waals surface area contributed by atoms with E-state index in [1.807, 2.05) is 45.0 Å². The van der Waals surface area contributed by atoms with Crippen molar-refractivity contribution < 1.29 is 9.21 Å². The molecule has 4 aromatic rings. The Morgan fingerprint density at radius 1 is 1.00 bits per heavy atom. The van der Waals surface area contributed by atoms with E-state index in [0.29, 0.717) is 27.7 Å². The molecule has 0 bridgehead atoms. The van der Waals surface area contributed by atoms with Gasteiger partial charge in [-0.15, -0.1) is 0 Å². The van der Waals surface area contributed by atoms with Gasteiger partial charge in [-0.2, -0.15) is 0 Å². The van der Waals surface area contributed by atoms with Crippen LogP contribution in [0, 0.1) is 20.8 Å².